The summed E-state index contributed by atoms with van der Waals surface area (Å²) in [5.41, 5.74) is 0.989. The molecule has 16 heavy (non-hydrogen) atoms. The van der Waals surface area contributed by atoms with E-state index in [9.17, 15) is 0 Å². The van der Waals surface area contributed by atoms with Gasteiger partial charge < -0.3 is 4.74 Å². The Labute approximate surface area is 98.5 Å². The first-order valence-electron chi connectivity index (χ1n) is 5.00. The highest BCUT2D eigenvalue weighted by Gasteiger charge is 2.41. The Hall–Kier alpha value is -1.35. The van der Waals surface area contributed by atoms with Crippen molar-refractivity contribution < 1.29 is 4.74 Å². The van der Waals surface area contributed by atoms with Crippen LogP contribution in [0.5, 0.6) is 0 Å². The highest BCUT2D eigenvalue weighted by molar-refractivity contribution is 7.56. The topological polar surface area (TPSA) is 9.23 Å². The van der Waals surface area contributed by atoms with E-state index in [1.54, 1.807) is 6.08 Å². The zero-order chi connectivity index (χ0) is 12.0. The summed E-state index contributed by atoms with van der Waals surface area (Å²) in [6.45, 7) is 6.10. The third-order valence-corrected chi connectivity index (χ3v) is 3.90. The molecule has 2 heteroatoms. The predicted octanol–water partition coefficient (Wildman–Crippen LogP) is 3.22. The highest BCUT2D eigenvalue weighted by atomic mass is 31.1. The van der Waals surface area contributed by atoms with E-state index in [0.717, 1.165) is 5.56 Å². The molecule has 0 spiro atoms. The molecule has 0 saturated carbocycles. The minimum absolute atomic E-state index is 0.432. The minimum Gasteiger partial charge on any atom is -0.318 e. The first-order chi connectivity index (χ1) is 7.67. The zero-order valence-corrected chi connectivity index (χ0v) is 10.4. The van der Waals surface area contributed by atoms with Crippen molar-refractivity contribution in [3.05, 3.63) is 48.6 Å². The average molecular weight is 231 g/mol. The molecule has 0 aliphatic heterocycles. The molecule has 0 bridgehead atoms. The minimum atomic E-state index is -0.704. The van der Waals surface area contributed by atoms with Crippen molar-refractivity contribution in [3.63, 3.8) is 0 Å². The Morgan fingerprint density at radius 1 is 1.50 bits per heavy atom. The summed E-state index contributed by atoms with van der Waals surface area (Å²) in [5, 5.41) is -0.704. The van der Waals surface area contributed by atoms with Crippen LogP contribution in [0.1, 0.15) is 5.56 Å². The van der Waals surface area contributed by atoms with Gasteiger partial charge >= 0.3 is 5.34 Å². The van der Waals surface area contributed by atoms with Gasteiger partial charge in [-0.05, 0) is 5.92 Å². The van der Waals surface area contributed by atoms with E-state index in [2.05, 4.69) is 18.8 Å². The fraction of sp³-hybridized carbons (Fsp3) is 0.214. The van der Waals surface area contributed by atoms with Crippen molar-refractivity contribution in [2.45, 2.75) is 5.34 Å². The molecule has 0 heterocycles. The van der Waals surface area contributed by atoms with E-state index in [1.807, 2.05) is 37.0 Å². The summed E-state index contributed by atoms with van der Waals surface area (Å²) in [7, 11) is -0.692. The molecule has 1 aromatic carbocycles. The number of hydrogen-bond donors (Lipinski definition) is 0. The predicted molar refractivity (Wildman–Crippen MR) is 73.1 cm³/mol. The molecule has 0 N–H and O–H groups in total. The Morgan fingerprint density at radius 2 is 2.12 bits per heavy atom. The van der Waals surface area contributed by atoms with E-state index < -0.39 is 12.9 Å². The second-order valence-electron chi connectivity index (χ2n) is 3.45. The second kappa shape index (κ2) is 5.66. The SMILES string of the molecule is C#CC(OCC=C)(c1ccccc1)[P+](=C)C. The number of terminal acetylenes is 1. The van der Waals surface area contributed by atoms with E-state index >= 15 is 0 Å². The van der Waals surface area contributed by atoms with Crippen LogP contribution in [0.25, 0.3) is 0 Å². The third-order valence-electron chi connectivity index (χ3n) is 2.31. The first-order valence-corrected chi connectivity index (χ1v) is 6.97. The molecule has 0 amide bonds. The quantitative estimate of drug-likeness (QED) is 0.429. The molecule has 0 radical (unpaired) electrons. The van der Waals surface area contributed by atoms with Gasteiger partial charge in [-0.25, -0.2) is 0 Å². The van der Waals surface area contributed by atoms with Crippen molar-refractivity contribution in [1.29, 1.82) is 0 Å². The standard InChI is InChI=1S/C14H16OP/c1-5-12-15-14(6-2,16(3)4)13-10-8-7-9-11-13/h2,5,7-11H,1,3,12H2,4H3/q+1. The number of benzene rings is 1. The molecule has 0 saturated heterocycles. The molecule has 82 valence electrons. The van der Waals surface area contributed by atoms with Gasteiger partial charge in [-0.3, -0.25) is 0 Å². The number of rotatable bonds is 5. The molecule has 1 rings (SSSR count). The second-order valence-corrected chi connectivity index (χ2v) is 5.48. The Kier molecular flexibility index (Phi) is 4.50. The van der Waals surface area contributed by atoms with E-state index in [4.69, 9.17) is 11.2 Å². The van der Waals surface area contributed by atoms with Gasteiger partial charge in [0, 0.05) is 5.56 Å². The Morgan fingerprint density at radius 3 is 2.56 bits per heavy atom. The summed E-state index contributed by atoms with van der Waals surface area (Å²) in [5.74, 6) is 2.76. The maximum Gasteiger partial charge on any atom is 0.312 e. The molecule has 0 aliphatic carbocycles. The van der Waals surface area contributed by atoms with Crippen LogP contribution in [0, 0.1) is 12.3 Å². The van der Waals surface area contributed by atoms with Gasteiger partial charge in [0.25, 0.3) is 0 Å². The van der Waals surface area contributed by atoms with Crippen molar-refractivity contribution in [2.24, 2.45) is 0 Å². The third kappa shape index (κ3) is 2.42. The molecule has 0 fully saturated rings. The maximum absolute atomic E-state index is 5.79. The van der Waals surface area contributed by atoms with Crippen LogP contribution in [0.2, 0.25) is 0 Å². The lowest BCUT2D eigenvalue weighted by molar-refractivity contribution is 0.0849. The van der Waals surface area contributed by atoms with Crippen molar-refractivity contribution in [3.8, 4) is 12.3 Å². The van der Waals surface area contributed by atoms with Gasteiger partial charge in [-0.15, -0.1) is 13.0 Å². The highest BCUT2D eigenvalue weighted by Crippen LogP contribution is 2.44. The summed E-state index contributed by atoms with van der Waals surface area (Å²) < 4.78 is 5.79. The fourth-order valence-corrected chi connectivity index (χ4v) is 2.60. The number of hydrogen-bond acceptors (Lipinski definition) is 1. The maximum atomic E-state index is 5.79. The van der Waals surface area contributed by atoms with Crippen LogP contribution in [0.3, 0.4) is 0 Å². The van der Waals surface area contributed by atoms with Crippen molar-refractivity contribution >= 4 is 13.8 Å². The average Bonchev–Trinajstić information content (AvgIpc) is 2.31. The van der Waals surface area contributed by atoms with Crippen molar-refractivity contribution in [1.82, 2.24) is 0 Å². The molecule has 0 aromatic heterocycles. The van der Waals surface area contributed by atoms with Crippen LogP contribution in [-0.2, 0) is 10.1 Å². The zero-order valence-electron chi connectivity index (χ0n) is 9.52. The largest absolute Gasteiger partial charge is 0.318 e. The lowest BCUT2D eigenvalue weighted by Gasteiger charge is -2.21. The van der Waals surface area contributed by atoms with E-state index in [-0.39, 0.29) is 0 Å². The van der Waals surface area contributed by atoms with E-state index in [1.165, 1.54) is 0 Å². The molecule has 2 atom stereocenters. The summed E-state index contributed by atoms with van der Waals surface area (Å²) in [4.78, 5) is 0. The van der Waals surface area contributed by atoms with Crippen LogP contribution in [-0.4, -0.2) is 19.6 Å². The summed E-state index contributed by atoms with van der Waals surface area (Å²) in [6.07, 6.45) is 11.4. The summed E-state index contributed by atoms with van der Waals surface area (Å²) >= 11 is 0. The normalized spacial score (nSPS) is 14.6. The Balaban J connectivity index is 3.19. The van der Waals surface area contributed by atoms with Gasteiger partial charge in [0.1, 0.15) is 7.55 Å². The molecule has 2 unspecified atom stereocenters. The lowest BCUT2D eigenvalue weighted by Crippen LogP contribution is -2.23. The van der Waals surface area contributed by atoms with Gasteiger partial charge in [0.15, 0.2) is 0 Å². The molecular formula is C14H16OP+. The van der Waals surface area contributed by atoms with Gasteiger partial charge in [0.05, 0.1) is 19.6 Å². The number of ether oxygens (including phenoxy) is 1. The van der Waals surface area contributed by atoms with Crippen LogP contribution < -0.4 is 0 Å². The fourth-order valence-electron chi connectivity index (χ4n) is 1.49. The van der Waals surface area contributed by atoms with Gasteiger partial charge in [-0.1, -0.05) is 36.4 Å². The smallest absolute Gasteiger partial charge is 0.312 e. The lowest BCUT2D eigenvalue weighted by atomic mass is 10.1. The first kappa shape index (κ1) is 12.7. The molecule has 0 aliphatic rings. The molecule has 1 nitrogen and oxygen atoms in total. The molecule has 1 aromatic rings. The van der Waals surface area contributed by atoms with Gasteiger partial charge in [0.2, 0.25) is 0 Å². The van der Waals surface area contributed by atoms with Crippen LogP contribution in [0.15, 0.2) is 43.0 Å². The van der Waals surface area contributed by atoms with Crippen LogP contribution >= 0.6 is 7.55 Å². The Bertz CT molecular complexity index is 416. The van der Waals surface area contributed by atoms with Crippen LogP contribution in [0.4, 0.5) is 0 Å². The monoisotopic (exact) mass is 231 g/mol. The molecular weight excluding hydrogens is 215 g/mol. The van der Waals surface area contributed by atoms with E-state index in [0.29, 0.717) is 6.61 Å². The summed E-state index contributed by atoms with van der Waals surface area (Å²) in [6, 6.07) is 9.83. The van der Waals surface area contributed by atoms with Crippen molar-refractivity contribution in [2.75, 3.05) is 13.3 Å². The van der Waals surface area contributed by atoms with Gasteiger partial charge in [-0.2, -0.15) is 0 Å².